The molecule has 19 heavy (non-hydrogen) atoms. The summed E-state index contributed by atoms with van der Waals surface area (Å²) in [7, 11) is 0. The number of nitrogens with zero attached hydrogens (tertiary/aromatic N) is 2. The minimum atomic E-state index is -0.849. The van der Waals surface area contributed by atoms with Gasteiger partial charge in [-0.15, -0.1) is 0 Å². The highest BCUT2D eigenvalue weighted by molar-refractivity contribution is 5.86. The Bertz CT molecular complexity index is 407. The number of likely N-dealkylation sites (tertiary alicyclic amines) is 1. The molecule has 1 aliphatic carbocycles. The van der Waals surface area contributed by atoms with Gasteiger partial charge in [-0.2, -0.15) is 5.26 Å². The van der Waals surface area contributed by atoms with Crippen LogP contribution in [0.5, 0.6) is 0 Å². The Balaban J connectivity index is 2.09. The van der Waals surface area contributed by atoms with E-state index in [4.69, 9.17) is 5.73 Å². The van der Waals surface area contributed by atoms with Crippen LogP contribution in [0.1, 0.15) is 44.9 Å². The van der Waals surface area contributed by atoms with Gasteiger partial charge in [0, 0.05) is 13.1 Å². The second-order valence-corrected chi connectivity index (χ2v) is 5.75. The second-order valence-electron chi connectivity index (χ2n) is 5.75. The molecular formula is C14H21N3O2. The number of carbonyl (C=O) groups is 2. The van der Waals surface area contributed by atoms with Gasteiger partial charge in [-0.25, -0.2) is 0 Å². The summed E-state index contributed by atoms with van der Waals surface area (Å²) in [6.45, 7) is 1.03. The molecule has 0 aromatic rings. The lowest BCUT2D eigenvalue weighted by Crippen LogP contribution is -2.50. The van der Waals surface area contributed by atoms with Crippen LogP contribution in [0, 0.1) is 22.7 Å². The minimum Gasteiger partial charge on any atom is -0.369 e. The molecule has 5 heteroatoms. The molecule has 0 aromatic heterocycles. The minimum absolute atomic E-state index is 0.0827. The molecule has 0 bridgehead atoms. The summed E-state index contributed by atoms with van der Waals surface area (Å²) in [6, 6.07) is 2.25. The van der Waals surface area contributed by atoms with Gasteiger partial charge < -0.3 is 10.6 Å². The standard InChI is InChI=1S/C14H21N3O2/c15-10-14(6-2-1-3-7-14)13(19)17-8-4-5-11(9-17)12(16)18/h11H,1-9H2,(H2,16,18)/t11-/m0/s1. The molecule has 1 aliphatic heterocycles. The molecule has 1 heterocycles. The van der Waals surface area contributed by atoms with Crippen LogP contribution in [0.2, 0.25) is 0 Å². The van der Waals surface area contributed by atoms with E-state index in [2.05, 4.69) is 6.07 Å². The fraction of sp³-hybridized carbons (Fsp3) is 0.786. The molecule has 0 unspecified atom stereocenters. The number of piperidine rings is 1. The van der Waals surface area contributed by atoms with E-state index in [0.717, 1.165) is 32.1 Å². The smallest absolute Gasteiger partial charge is 0.243 e. The highest BCUT2D eigenvalue weighted by Crippen LogP contribution is 2.38. The Hall–Kier alpha value is -1.57. The molecule has 0 aromatic carbocycles. The van der Waals surface area contributed by atoms with Crippen molar-refractivity contribution >= 4 is 11.8 Å². The van der Waals surface area contributed by atoms with Gasteiger partial charge in [-0.1, -0.05) is 19.3 Å². The monoisotopic (exact) mass is 263 g/mol. The average Bonchev–Trinajstić information content (AvgIpc) is 2.47. The van der Waals surface area contributed by atoms with Crippen molar-refractivity contribution in [3.63, 3.8) is 0 Å². The van der Waals surface area contributed by atoms with E-state index >= 15 is 0 Å². The number of carbonyl (C=O) groups excluding carboxylic acids is 2. The van der Waals surface area contributed by atoms with Crippen molar-refractivity contribution < 1.29 is 9.59 Å². The average molecular weight is 263 g/mol. The van der Waals surface area contributed by atoms with Crippen LogP contribution in [-0.4, -0.2) is 29.8 Å². The van der Waals surface area contributed by atoms with Gasteiger partial charge in [0.05, 0.1) is 12.0 Å². The Morgan fingerprint density at radius 1 is 1.21 bits per heavy atom. The zero-order valence-corrected chi connectivity index (χ0v) is 11.2. The Morgan fingerprint density at radius 2 is 1.89 bits per heavy atom. The lowest BCUT2D eigenvalue weighted by atomic mass is 9.74. The molecule has 2 amide bonds. The number of hydrogen-bond acceptors (Lipinski definition) is 3. The molecule has 1 saturated carbocycles. The zero-order valence-electron chi connectivity index (χ0n) is 11.2. The summed E-state index contributed by atoms with van der Waals surface area (Å²) in [5, 5.41) is 9.43. The third-order valence-electron chi connectivity index (χ3n) is 4.44. The van der Waals surface area contributed by atoms with Gasteiger partial charge in [-0.05, 0) is 25.7 Å². The molecule has 2 N–H and O–H groups in total. The molecule has 1 saturated heterocycles. The van der Waals surface area contributed by atoms with Crippen LogP contribution in [0.4, 0.5) is 0 Å². The Morgan fingerprint density at radius 3 is 2.47 bits per heavy atom. The predicted molar refractivity (Wildman–Crippen MR) is 69.6 cm³/mol. The van der Waals surface area contributed by atoms with E-state index in [-0.39, 0.29) is 17.7 Å². The fourth-order valence-electron chi connectivity index (χ4n) is 3.23. The number of amides is 2. The highest BCUT2D eigenvalue weighted by atomic mass is 16.2. The molecule has 5 nitrogen and oxygen atoms in total. The molecule has 2 aliphatic rings. The maximum Gasteiger partial charge on any atom is 0.243 e. The van der Waals surface area contributed by atoms with Crippen molar-refractivity contribution in [2.75, 3.05) is 13.1 Å². The lowest BCUT2D eigenvalue weighted by Gasteiger charge is -2.38. The molecule has 0 spiro atoms. The first-order valence-electron chi connectivity index (χ1n) is 7.09. The summed E-state index contributed by atoms with van der Waals surface area (Å²) in [4.78, 5) is 25.6. The number of primary amides is 1. The summed E-state index contributed by atoms with van der Waals surface area (Å²) in [5.41, 5.74) is 4.48. The number of rotatable bonds is 2. The molecule has 0 radical (unpaired) electrons. The van der Waals surface area contributed by atoms with E-state index in [1.165, 1.54) is 0 Å². The fourth-order valence-corrected chi connectivity index (χ4v) is 3.23. The van der Waals surface area contributed by atoms with Crippen LogP contribution >= 0.6 is 0 Å². The van der Waals surface area contributed by atoms with Crippen LogP contribution in [0.25, 0.3) is 0 Å². The molecule has 2 fully saturated rings. The number of nitriles is 1. The lowest BCUT2D eigenvalue weighted by molar-refractivity contribution is -0.143. The molecule has 104 valence electrons. The van der Waals surface area contributed by atoms with Crippen LogP contribution in [0.3, 0.4) is 0 Å². The van der Waals surface area contributed by atoms with Gasteiger partial charge in [0.25, 0.3) is 0 Å². The van der Waals surface area contributed by atoms with Crippen molar-refractivity contribution in [2.45, 2.75) is 44.9 Å². The van der Waals surface area contributed by atoms with Crippen LogP contribution < -0.4 is 5.73 Å². The first-order valence-corrected chi connectivity index (χ1v) is 7.09. The van der Waals surface area contributed by atoms with E-state index in [1.807, 2.05) is 0 Å². The Labute approximate surface area is 113 Å². The summed E-state index contributed by atoms with van der Waals surface area (Å²) < 4.78 is 0. The SMILES string of the molecule is N#CC1(C(=O)N2CCC[C@H](C(N)=O)C2)CCCCC1. The summed E-state index contributed by atoms with van der Waals surface area (Å²) >= 11 is 0. The topological polar surface area (TPSA) is 87.2 Å². The maximum absolute atomic E-state index is 12.6. The number of nitrogens with two attached hydrogens (primary N) is 1. The molecular weight excluding hydrogens is 242 g/mol. The van der Waals surface area contributed by atoms with Gasteiger partial charge in [-0.3, -0.25) is 9.59 Å². The zero-order chi connectivity index (χ0) is 13.9. The Kier molecular flexibility index (Phi) is 4.08. The summed E-state index contributed by atoms with van der Waals surface area (Å²) in [6.07, 6.45) is 5.82. The van der Waals surface area contributed by atoms with Crippen LogP contribution in [0.15, 0.2) is 0 Å². The number of hydrogen-bond donors (Lipinski definition) is 1. The van der Waals surface area contributed by atoms with Crippen molar-refractivity contribution in [3.8, 4) is 6.07 Å². The van der Waals surface area contributed by atoms with Crippen molar-refractivity contribution in [1.82, 2.24) is 4.90 Å². The van der Waals surface area contributed by atoms with Gasteiger partial charge in [0.1, 0.15) is 5.41 Å². The normalized spacial score (nSPS) is 26.5. The van der Waals surface area contributed by atoms with Gasteiger partial charge in [0.2, 0.25) is 11.8 Å². The third kappa shape index (κ3) is 2.73. The first-order chi connectivity index (χ1) is 9.09. The quantitative estimate of drug-likeness (QED) is 0.811. The van der Waals surface area contributed by atoms with Gasteiger partial charge >= 0.3 is 0 Å². The van der Waals surface area contributed by atoms with Crippen LogP contribution in [-0.2, 0) is 9.59 Å². The van der Waals surface area contributed by atoms with Gasteiger partial charge in [0.15, 0.2) is 0 Å². The van der Waals surface area contributed by atoms with E-state index in [9.17, 15) is 14.9 Å². The predicted octanol–water partition coefficient (Wildman–Crippen LogP) is 1.18. The largest absolute Gasteiger partial charge is 0.369 e. The maximum atomic E-state index is 12.6. The van der Waals surface area contributed by atoms with E-state index < -0.39 is 5.41 Å². The molecule has 2 rings (SSSR count). The highest BCUT2D eigenvalue weighted by Gasteiger charge is 2.43. The van der Waals surface area contributed by atoms with Crippen molar-refractivity contribution in [1.29, 1.82) is 5.26 Å². The van der Waals surface area contributed by atoms with Crippen molar-refractivity contribution in [2.24, 2.45) is 17.1 Å². The third-order valence-corrected chi connectivity index (χ3v) is 4.44. The van der Waals surface area contributed by atoms with E-state index in [1.54, 1.807) is 4.90 Å². The molecule has 1 atom stereocenters. The second kappa shape index (κ2) is 5.60. The first kappa shape index (κ1) is 13.9. The van der Waals surface area contributed by atoms with E-state index in [0.29, 0.717) is 25.9 Å². The van der Waals surface area contributed by atoms with Crippen molar-refractivity contribution in [3.05, 3.63) is 0 Å². The summed E-state index contributed by atoms with van der Waals surface area (Å²) in [5.74, 6) is -0.676.